The third-order valence-corrected chi connectivity index (χ3v) is 3.44. The standard InChI is InChI=1S/C12H16BrNO2/c1-8(6-13)7-14-12(16)10-3-4-11(15)9(2)5-10/h3-5,8,15H,6-7H2,1-2H3,(H,14,16). The Morgan fingerprint density at radius 2 is 2.25 bits per heavy atom. The predicted octanol–water partition coefficient (Wildman–Crippen LogP) is 2.46. The van der Waals surface area contributed by atoms with Gasteiger partial charge in [-0.25, -0.2) is 0 Å². The number of carbonyl (C=O) groups is 1. The van der Waals surface area contributed by atoms with Crippen molar-refractivity contribution in [1.82, 2.24) is 5.32 Å². The van der Waals surface area contributed by atoms with Crippen LogP contribution >= 0.6 is 15.9 Å². The van der Waals surface area contributed by atoms with Gasteiger partial charge in [-0.05, 0) is 36.6 Å². The van der Waals surface area contributed by atoms with Crippen molar-refractivity contribution in [2.24, 2.45) is 5.92 Å². The first kappa shape index (κ1) is 13.0. The van der Waals surface area contributed by atoms with Gasteiger partial charge in [0.2, 0.25) is 0 Å². The molecule has 0 saturated heterocycles. The van der Waals surface area contributed by atoms with Gasteiger partial charge in [0.05, 0.1) is 0 Å². The SMILES string of the molecule is Cc1cc(C(=O)NCC(C)CBr)ccc1O. The van der Waals surface area contributed by atoms with Gasteiger partial charge in [0.15, 0.2) is 0 Å². The third-order valence-electron chi connectivity index (χ3n) is 2.33. The molecule has 0 aliphatic carbocycles. The summed E-state index contributed by atoms with van der Waals surface area (Å²) in [5, 5.41) is 13.1. The number of hydrogen-bond acceptors (Lipinski definition) is 2. The van der Waals surface area contributed by atoms with Crippen LogP contribution in [-0.4, -0.2) is 22.9 Å². The van der Waals surface area contributed by atoms with E-state index in [9.17, 15) is 9.90 Å². The average Bonchev–Trinajstić information content (AvgIpc) is 2.29. The molecular formula is C12H16BrNO2. The minimum absolute atomic E-state index is 0.101. The second-order valence-electron chi connectivity index (χ2n) is 3.97. The van der Waals surface area contributed by atoms with Crippen LogP contribution in [0.1, 0.15) is 22.8 Å². The highest BCUT2D eigenvalue weighted by atomic mass is 79.9. The van der Waals surface area contributed by atoms with Crippen LogP contribution in [-0.2, 0) is 0 Å². The van der Waals surface area contributed by atoms with Gasteiger partial charge in [-0.2, -0.15) is 0 Å². The number of nitrogens with one attached hydrogen (secondary N) is 1. The Bertz CT molecular complexity index is 379. The first-order valence-electron chi connectivity index (χ1n) is 5.18. The van der Waals surface area contributed by atoms with E-state index in [2.05, 4.69) is 28.2 Å². The molecule has 1 aromatic rings. The quantitative estimate of drug-likeness (QED) is 0.835. The summed E-state index contributed by atoms with van der Waals surface area (Å²) >= 11 is 3.36. The van der Waals surface area contributed by atoms with Gasteiger partial charge in [0.1, 0.15) is 5.75 Å². The molecule has 0 radical (unpaired) electrons. The summed E-state index contributed by atoms with van der Waals surface area (Å²) in [6, 6.07) is 4.85. The number of phenols is 1. The van der Waals surface area contributed by atoms with E-state index in [1.165, 1.54) is 6.07 Å². The maximum atomic E-state index is 11.7. The maximum Gasteiger partial charge on any atom is 0.251 e. The van der Waals surface area contributed by atoms with Crippen molar-refractivity contribution >= 4 is 21.8 Å². The Labute approximate surface area is 104 Å². The van der Waals surface area contributed by atoms with Crippen molar-refractivity contribution in [2.75, 3.05) is 11.9 Å². The van der Waals surface area contributed by atoms with E-state index in [-0.39, 0.29) is 11.7 Å². The first-order valence-corrected chi connectivity index (χ1v) is 6.30. The van der Waals surface area contributed by atoms with E-state index >= 15 is 0 Å². The fourth-order valence-corrected chi connectivity index (χ4v) is 1.45. The molecule has 1 aromatic carbocycles. The van der Waals surface area contributed by atoms with Gasteiger partial charge in [-0.1, -0.05) is 22.9 Å². The summed E-state index contributed by atoms with van der Waals surface area (Å²) in [6.45, 7) is 4.47. The normalized spacial score (nSPS) is 12.2. The topological polar surface area (TPSA) is 49.3 Å². The number of aromatic hydroxyl groups is 1. The number of amides is 1. The number of benzene rings is 1. The van der Waals surface area contributed by atoms with Gasteiger partial charge in [-0.15, -0.1) is 0 Å². The molecule has 0 aliphatic rings. The van der Waals surface area contributed by atoms with E-state index in [0.717, 1.165) is 5.33 Å². The van der Waals surface area contributed by atoms with Crippen molar-refractivity contribution in [3.8, 4) is 5.75 Å². The number of rotatable bonds is 4. The van der Waals surface area contributed by atoms with E-state index in [1.54, 1.807) is 19.1 Å². The number of carbonyl (C=O) groups excluding carboxylic acids is 1. The maximum absolute atomic E-state index is 11.7. The zero-order valence-corrected chi connectivity index (χ0v) is 11.0. The number of phenolic OH excluding ortho intramolecular Hbond substituents is 1. The molecule has 1 rings (SSSR count). The van der Waals surface area contributed by atoms with Crippen LogP contribution < -0.4 is 5.32 Å². The van der Waals surface area contributed by atoms with Crippen LogP contribution in [0.2, 0.25) is 0 Å². The molecule has 1 unspecified atom stereocenters. The minimum atomic E-state index is -0.101. The molecule has 0 aromatic heterocycles. The molecule has 3 nitrogen and oxygen atoms in total. The molecule has 1 atom stereocenters. The molecule has 4 heteroatoms. The molecule has 0 fully saturated rings. The molecular weight excluding hydrogens is 270 g/mol. The van der Waals surface area contributed by atoms with Crippen LogP contribution in [0.25, 0.3) is 0 Å². The summed E-state index contributed by atoms with van der Waals surface area (Å²) in [6.07, 6.45) is 0. The van der Waals surface area contributed by atoms with E-state index in [4.69, 9.17) is 0 Å². The first-order chi connectivity index (χ1) is 7.54. The van der Waals surface area contributed by atoms with E-state index in [0.29, 0.717) is 23.6 Å². The second kappa shape index (κ2) is 5.89. The number of halogens is 1. The minimum Gasteiger partial charge on any atom is -0.508 e. The van der Waals surface area contributed by atoms with Crippen LogP contribution in [0.5, 0.6) is 5.75 Å². The Kier molecular flexibility index (Phi) is 4.80. The largest absolute Gasteiger partial charge is 0.508 e. The molecule has 0 aliphatic heterocycles. The van der Waals surface area contributed by atoms with Crippen LogP contribution in [0, 0.1) is 12.8 Å². The molecule has 0 spiro atoms. The van der Waals surface area contributed by atoms with Gasteiger partial charge >= 0.3 is 0 Å². The zero-order chi connectivity index (χ0) is 12.1. The predicted molar refractivity (Wildman–Crippen MR) is 68.1 cm³/mol. The number of alkyl halides is 1. The zero-order valence-electron chi connectivity index (χ0n) is 9.46. The van der Waals surface area contributed by atoms with Crippen LogP contribution in [0.3, 0.4) is 0 Å². The Morgan fingerprint density at radius 3 is 2.81 bits per heavy atom. The van der Waals surface area contributed by atoms with Gasteiger partial charge < -0.3 is 10.4 Å². The number of aryl methyl sites for hydroxylation is 1. The summed E-state index contributed by atoms with van der Waals surface area (Å²) in [5.41, 5.74) is 1.29. The van der Waals surface area contributed by atoms with Crippen LogP contribution in [0.4, 0.5) is 0 Å². The van der Waals surface area contributed by atoms with Crippen molar-refractivity contribution in [2.45, 2.75) is 13.8 Å². The lowest BCUT2D eigenvalue weighted by molar-refractivity contribution is 0.0949. The lowest BCUT2D eigenvalue weighted by Gasteiger charge is -2.10. The highest BCUT2D eigenvalue weighted by Crippen LogP contribution is 2.16. The van der Waals surface area contributed by atoms with Crippen molar-refractivity contribution in [3.05, 3.63) is 29.3 Å². The Hall–Kier alpha value is -1.03. The van der Waals surface area contributed by atoms with E-state index < -0.39 is 0 Å². The van der Waals surface area contributed by atoms with Crippen molar-refractivity contribution in [3.63, 3.8) is 0 Å². The highest BCUT2D eigenvalue weighted by Gasteiger charge is 2.08. The highest BCUT2D eigenvalue weighted by molar-refractivity contribution is 9.09. The molecule has 1 amide bonds. The molecule has 0 saturated carbocycles. The summed E-state index contributed by atoms with van der Waals surface area (Å²) in [4.78, 5) is 11.7. The number of hydrogen-bond donors (Lipinski definition) is 2. The van der Waals surface area contributed by atoms with Gasteiger partial charge in [0.25, 0.3) is 5.91 Å². The second-order valence-corrected chi connectivity index (χ2v) is 4.62. The van der Waals surface area contributed by atoms with Gasteiger partial charge in [-0.3, -0.25) is 4.79 Å². The lowest BCUT2D eigenvalue weighted by Crippen LogP contribution is -2.28. The summed E-state index contributed by atoms with van der Waals surface area (Å²) in [7, 11) is 0. The summed E-state index contributed by atoms with van der Waals surface area (Å²) in [5.74, 6) is 0.517. The van der Waals surface area contributed by atoms with E-state index in [1.807, 2.05) is 0 Å². The Morgan fingerprint density at radius 1 is 1.56 bits per heavy atom. The molecule has 88 valence electrons. The smallest absolute Gasteiger partial charge is 0.251 e. The third kappa shape index (κ3) is 3.52. The molecule has 16 heavy (non-hydrogen) atoms. The summed E-state index contributed by atoms with van der Waals surface area (Å²) < 4.78 is 0. The van der Waals surface area contributed by atoms with Gasteiger partial charge in [0, 0.05) is 17.4 Å². The molecule has 2 N–H and O–H groups in total. The van der Waals surface area contributed by atoms with Crippen molar-refractivity contribution in [1.29, 1.82) is 0 Å². The average molecular weight is 286 g/mol. The monoisotopic (exact) mass is 285 g/mol. The van der Waals surface area contributed by atoms with Crippen molar-refractivity contribution < 1.29 is 9.90 Å². The fourth-order valence-electron chi connectivity index (χ4n) is 1.22. The van der Waals surface area contributed by atoms with Crippen LogP contribution in [0.15, 0.2) is 18.2 Å². The Balaban J connectivity index is 2.63. The molecule has 0 heterocycles. The molecule has 0 bridgehead atoms. The fraction of sp³-hybridized carbons (Fsp3) is 0.417. The lowest BCUT2D eigenvalue weighted by atomic mass is 10.1.